The summed E-state index contributed by atoms with van der Waals surface area (Å²) in [7, 11) is 0. The van der Waals surface area contributed by atoms with Gasteiger partial charge in [0.2, 0.25) is 5.91 Å². The minimum atomic E-state index is -0.589. The molecule has 33 heavy (non-hydrogen) atoms. The zero-order valence-corrected chi connectivity index (χ0v) is 21.7. The molecule has 1 N–H and O–H groups in total. The van der Waals surface area contributed by atoms with Crippen molar-refractivity contribution < 1.29 is 14.3 Å². The number of nitrogens with one attached hydrogen (secondary N) is 1. The molecule has 1 aliphatic carbocycles. The van der Waals surface area contributed by atoms with Crippen molar-refractivity contribution >= 4 is 27.7 Å². The molecule has 178 valence electrons. The zero-order valence-electron chi connectivity index (χ0n) is 20.1. The molecule has 3 rings (SSSR count). The highest BCUT2D eigenvalue weighted by Gasteiger charge is 2.29. The summed E-state index contributed by atoms with van der Waals surface area (Å²) < 4.78 is 6.69. The normalized spacial score (nSPS) is 15.2. The lowest BCUT2D eigenvalue weighted by Gasteiger charge is -2.29. The van der Waals surface area contributed by atoms with E-state index in [-0.39, 0.29) is 29.9 Å². The third-order valence-corrected chi connectivity index (χ3v) is 6.83. The lowest BCUT2D eigenvalue weighted by atomic mass is 9.87. The van der Waals surface area contributed by atoms with E-state index in [1.807, 2.05) is 48.5 Å². The van der Waals surface area contributed by atoms with Crippen molar-refractivity contribution in [1.82, 2.24) is 10.2 Å². The molecule has 1 atom stereocenters. The second kappa shape index (κ2) is 11.2. The van der Waals surface area contributed by atoms with Gasteiger partial charge in [0.1, 0.15) is 11.8 Å². The van der Waals surface area contributed by atoms with Gasteiger partial charge in [0, 0.05) is 12.6 Å². The van der Waals surface area contributed by atoms with Gasteiger partial charge in [0.05, 0.1) is 4.47 Å². The number of hydrogen-bond donors (Lipinski definition) is 1. The van der Waals surface area contributed by atoms with Gasteiger partial charge in [0.15, 0.2) is 6.61 Å². The summed E-state index contributed by atoms with van der Waals surface area (Å²) in [6, 6.07) is 15.3. The number of rotatable bonds is 8. The van der Waals surface area contributed by atoms with Crippen molar-refractivity contribution in [2.75, 3.05) is 6.61 Å². The van der Waals surface area contributed by atoms with Crippen molar-refractivity contribution in [2.24, 2.45) is 0 Å². The fourth-order valence-electron chi connectivity index (χ4n) is 4.06. The predicted molar refractivity (Wildman–Crippen MR) is 135 cm³/mol. The van der Waals surface area contributed by atoms with Gasteiger partial charge in [-0.3, -0.25) is 9.59 Å². The molecule has 6 heteroatoms. The molecule has 5 nitrogen and oxygen atoms in total. The fraction of sp³-hybridized carbons (Fsp3) is 0.481. The van der Waals surface area contributed by atoms with E-state index in [9.17, 15) is 9.59 Å². The quantitative estimate of drug-likeness (QED) is 0.498. The minimum Gasteiger partial charge on any atom is -0.483 e. The van der Waals surface area contributed by atoms with Gasteiger partial charge < -0.3 is 15.0 Å². The molecule has 0 spiro atoms. The molecule has 2 aromatic rings. The van der Waals surface area contributed by atoms with Crippen molar-refractivity contribution in [3.63, 3.8) is 0 Å². The monoisotopic (exact) mass is 514 g/mol. The van der Waals surface area contributed by atoms with Crippen LogP contribution in [-0.4, -0.2) is 35.4 Å². The number of benzene rings is 2. The van der Waals surface area contributed by atoms with Crippen LogP contribution in [0, 0.1) is 0 Å². The Morgan fingerprint density at radius 3 is 2.39 bits per heavy atom. The van der Waals surface area contributed by atoms with Gasteiger partial charge in [-0.25, -0.2) is 0 Å². The smallest absolute Gasteiger partial charge is 0.261 e. The highest BCUT2D eigenvalue weighted by atomic mass is 79.9. The van der Waals surface area contributed by atoms with Crippen molar-refractivity contribution in [3.05, 3.63) is 64.1 Å². The van der Waals surface area contributed by atoms with Crippen LogP contribution in [0.4, 0.5) is 0 Å². The van der Waals surface area contributed by atoms with Crippen LogP contribution in [0.5, 0.6) is 5.75 Å². The maximum absolute atomic E-state index is 13.2. The SMILES string of the molecule is C[C@@H](C(=O)NC1CCCC1)N(Cc1ccccc1)C(=O)COc1ccc(C(C)(C)C)cc1Br. The molecule has 1 fully saturated rings. The summed E-state index contributed by atoms with van der Waals surface area (Å²) >= 11 is 3.57. The molecule has 0 heterocycles. The molecule has 0 radical (unpaired) electrons. The summed E-state index contributed by atoms with van der Waals surface area (Å²) in [5, 5.41) is 3.12. The number of ether oxygens (including phenoxy) is 1. The van der Waals surface area contributed by atoms with E-state index in [2.05, 4.69) is 42.0 Å². The number of amides is 2. The van der Waals surface area contributed by atoms with E-state index in [1.54, 1.807) is 11.8 Å². The minimum absolute atomic E-state index is 0.0193. The first-order valence-corrected chi connectivity index (χ1v) is 12.5. The third-order valence-electron chi connectivity index (χ3n) is 6.21. The molecular weight excluding hydrogens is 480 g/mol. The first kappa shape index (κ1) is 25.3. The summed E-state index contributed by atoms with van der Waals surface area (Å²) in [5.41, 5.74) is 2.17. The van der Waals surface area contributed by atoms with Crippen LogP contribution in [0.15, 0.2) is 53.0 Å². The van der Waals surface area contributed by atoms with E-state index in [0.29, 0.717) is 12.3 Å². The topological polar surface area (TPSA) is 58.6 Å². The van der Waals surface area contributed by atoms with Crippen molar-refractivity contribution in [3.8, 4) is 5.75 Å². The molecule has 0 aliphatic heterocycles. The van der Waals surface area contributed by atoms with Crippen LogP contribution in [0.25, 0.3) is 0 Å². The lowest BCUT2D eigenvalue weighted by Crippen LogP contribution is -2.50. The number of hydrogen-bond acceptors (Lipinski definition) is 3. The van der Waals surface area contributed by atoms with Crippen LogP contribution in [0.3, 0.4) is 0 Å². The molecular formula is C27H35BrN2O3. The molecule has 0 unspecified atom stereocenters. The average molecular weight is 515 g/mol. The van der Waals surface area contributed by atoms with Crippen LogP contribution in [-0.2, 0) is 21.5 Å². The lowest BCUT2D eigenvalue weighted by molar-refractivity contribution is -0.142. The predicted octanol–water partition coefficient (Wildman–Crippen LogP) is 5.60. The average Bonchev–Trinajstić information content (AvgIpc) is 3.29. The first-order chi connectivity index (χ1) is 15.6. The van der Waals surface area contributed by atoms with Crippen molar-refractivity contribution in [2.45, 2.75) is 77.4 Å². The first-order valence-electron chi connectivity index (χ1n) is 11.7. The Balaban J connectivity index is 1.71. The summed E-state index contributed by atoms with van der Waals surface area (Å²) in [6.45, 7) is 8.46. The third kappa shape index (κ3) is 7.07. The maximum atomic E-state index is 13.2. The summed E-state index contributed by atoms with van der Waals surface area (Å²) in [4.78, 5) is 27.8. The highest BCUT2D eigenvalue weighted by Crippen LogP contribution is 2.31. The Labute approximate surface area is 206 Å². The second-order valence-electron chi connectivity index (χ2n) is 9.86. The molecule has 1 aliphatic rings. The summed E-state index contributed by atoms with van der Waals surface area (Å²) in [6.07, 6.45) is 4.30. The van der Waals surface area contributed by atoms with Crippen LogP contribution in [0.2, 0.25) is 0 Å². The van der Waals surface area contributed by atoms with Gasteiger partial charge in [-0.1, -0.05) is 70.0 Å². The number of carbonyl (C=O) groups is 2. The molecule has 0 saturated heterocycles. The van der Waals surface area contributed by atoms with Crippen LogP contribution in [0.1, 0.15) is 64.5 Å². The van der Waals surface area contributed by atoms with Gasteiger partial charge in [-0.15, -0.1) is 0 Å². The van der Waals surface area contributed by atoms with E-state index in [1.165, 1.54) is 5.56 Å². The van der Waals surface area contributed by atoms with E-state index in [0.717, 1.165) is 35.7 Å². The Hall–Kier alpha value is -2.34. The Morgan fingerprint density at radius 1 is 1.12 bits per heavy atom. The molecule has 2 amide bonds. The van der Waals surface area contributed by atoms with E-state index < -0.39 is 6.04 Å². The van der Waals surface area contributed by atoms with Crippen molar-refractivity contribution in [1.29, 1.82) is 0 Å². The van der Waals surface area contributed by atoms with Gasteiger partial charge in [-0.2, -0.15) is 0 Å². The van der Waals surface area contributed by atoms with E-state index >= 15 is 0 Å². The zero-order chi connectivity index (χ0) is 24.0. The number of nitrogens with zero attached hydrogens (tertiary/aromatic N) is 1. The standard InChI is InChI=1S/C27H35BrN2O3/c1-19(26(32)29-22-12-8-9-13-22)30(17-20-10-6-5-7-11-20)25(31)18-33-24-15-14-21(16-23(24)28)27(2,3)4/h5-7,10-11,14-16,19,22H,8-9,12-13,17-18H2,1-4H3,(H,29,32)/t19-/m0/s1. The maximum Gasteiger partial charge on any atom is 0.261 e. The Morgan fingerprint density at radius 2 is 1.79 bits per heavy atom. The highest BCUT2D eigenvalue weighted by molar-refractivity contribution is 9.10. The van der Waals surface area contributed by atoms with E-state index in [4.69, 9.17) is 4.74 Å². The number of halogens is 1. The summed E-state index contributed by atoms with van der Waals surface area (Å²) in [5.74, 6) is 0.278. The molecule has 2 aromatic carbocycles. The van der Waals surface area contributed by atoms with Gasteiger partial charge >= 0.3 is 0 Å². The van der Waals surface area contributed by atoms with Gasteiger partial charge in [-0.05, 0) is 64.4 Å². The van der Waals surface area contributed by atoms with Crippen LogP contribution < -0.4 is 10.1 Å². The Kier molecular flexibility index (Phi) is 8.57. The van der Waals surface area contributed by atoms with Crippen LogP contribution >= 0.6 is 15.9 Å². The Bertz CT molecular complexity index is 950. The molecule has 1 saturated carbocycles. The molecule has 0 bridgehead atoms. The van der Waals surface area contributed by atoms with Gasteiger partial charge in [0.25, 0.3) is 5.91 Å². The second-order valence-corrected chi connectivity index (χ2v) is 10.7. The number of carbonyl (C=O) groups excluding carboxylic acids is 2. The fourth-order valence-corrected chi connectivity index (χ4v) is 4.55. The largest absolute Gasteiger partial charge is 0.483 e. The molecule has 0 aromatic heterocycles.